The highest BCUT2D eigenvalue weighted by atomic mass is 16.5. The van der Waals surface area contributed by atoms with Crippen LogP contribution in [0.4, 0.5) is 0 Å². The number of aromatic amines is 1. The molecule has 0 radical (unpaired) electrons. The molecule has 0 bridgehead atoms. The van der Waals surface area contributed by atoms with Gasteiger partial charge in [0.05, 0.1) is 12.3 Å². The van der Waals surface area contributed by atoms with E-state index >= 15 is 0 Å². The Hall–Kier alpha value is -1.32. The number of nitrogens with one attached hydrogen (secondary N) is 1. The molecule has 0 saturated heterocycles. The van der Waals surface area contributed by atoms with Crippen molar-refractivity contribution in [1.82, 2.24) is 10.2 Å². The quantitative estimate of drug-likeness (QED) is 0.569. The van der Waals surface area contributed by atoms with Crippen LogP contribution in [-0.4, -0.2) is 22.8 Å². The summed E-state index contributed by atoms with van der Waals surface area (Å²) in [6, 6.07) is 1.67. The molecule has 0 unspecified atom stereocenters. The second-order valence-electron chi connectivity index (χ2n) is 2.91. The van der Waals surface area contributed by atoms with E-state index in [-0.39, 0.29) is 5.97 Å². The maximum absolute atomic E-state index is 11.2. The van der Waals surface area contributed by atoms with Gasteiger partial charge in [0.25, 0.3) is 0 Å². The molecule has 72 valence electrons. The lowest BCUT2D eigenvalue weighted by Gasteiger charge is -2.00. The van der Waals surface area contributed by atoms with E-state index in [0.29, 0.717) is 12.3 Å². The summed E-state index contributed by atoms with van der Waals surface area (Å²) in [5, 5.41) is 6.45. The zero-order valence-electron chi connectivity index (χ0n) is 7.96. The molecule has 0 spiro atoms. The van der Waals surface area contributed by atoms with Crippen molar-refractivity contribution in [2.75, 3.05) is 6.61 Å². The first-order chi connectivity index (χ1) is 6.24. The van der Waals surface area contributed by atoms with Gasteiger partial charge in [-0.2, -0.15) is 5.10 Å². The predicted molar refractivity (Wildman–Crippen MR) is 48.5 cm³/mol. The van der Waals surface area contributed by atoms with E-state index < -0.39 is 0 Å². The molecule has 13 heavy (non-hydrogen) atoms. The molecular formula is C9H14N2O2. The van der Waals surface area contributed by atoms with Crippen LogP contribution in [0.2, 0.25) is 0 Å². The Bertz CT molecular complexity index is 281. The number of esters is 1. The summed E-state index contributed by atoms with van der Waals surface area (Å²) in [7, 11) is 0. The molecule has 4 nitrogen and oxygen atoms in total. The van der Waals surface area contributed by atoms with Gasteiger partial charge in [-0.05, 0) is 19.4 Å². The zero-order valence-corrected chi connectivity index (χ0v) is 7.96. The number of aromatic nitrogens is 2. The maximum atomic E-state index is 11.2. The van der Waals surface area contributed by atoms with Crippen molar-refractivity contribution in [3.63, 3.8) is 0 Å². The third kappa shape index (κ3) is 2.89. The van der Waals surface area contributed by atoms with Crippen molar-refractivity contribution >= 4 is 5.97 Å². The fraction of sp³-hybridized carbons (Fsp3) is 0.556. The van der Waals surface area contributed by atoms with Crippen LogP contribution in [0.25, 0.3) is 0 Å². The summed E-state index contributed by atoms with van der Waals surface area (Å²) >= 11 is 0. The number of carbonyl (C=O) groups excluding carboxylic acids is 1. The van der Waals surface area contributed by atoms with Crippen LogP contribution in [0.5, 0.6) is 0 Å². The van der Waals surface area contributed by atoms with Crippen LogP contribution >= 0.6 is 0 Å². The number of carbonyl (C=O) groups is 1. The second kappa shape index (κ2) is 4.64. The number of unbranched alkanes of at least 4 members (excludes halogenated alkanes) is 1. The second-order valence-corrected chi connectivity index (χ2v) is 2.91. The molecule has 1 aromatic rings. The van der Waals surface area contributed by atoms with Crippen LogP contribution in [0.3, 0.4) is 0 Å². The fourth-order valence-corrected chi connectivity index (χ4v) is 0.913. The normalized spacial score (nSPS) is 10.0. The predicted octanol–water partition coefficient (Wildman–Crippen LogP) is 1.68. The molecule has 1 aromatic heterocycles. The topological polar surface area (TPSA) is 55.0 Å². The Kier molecular flexibility index (Phi) is 3.49. The average molecular weight is 182 g/mol. The Morgan fingerprint density at radius 2 is 2.46 bits per heavy atom. The summed E-state index contributed by atoms with van der Waals surface area (Å²) in [6.07, 6.45) is 1.92. The summed E-state index contributed by atoms with van der Waals surface area (Å²) in [5.41, 5.74) is 1.22. The van der Waals surface area contributed by atoms with Crippen molar-refractivity contribution in [1.29, 1.82) is 0 Å². The number of rotatable bonds is 4. The van der Waals surface area contributed by atoms with Gasteiger partial charge in [0.15, 0.2) is 0 Å². The maximum Gasteiger partial charge on any atom is 0.356 e. The van der Waals surface area contributed by atoms with Gasteiger partial charge in [-0.1, -0.05) is 13.3 Å². The van der Waals surface area contributed by atoms with Gasteiger partial charge in [0, 0.05) is 0 Å². The molecule has 0 fully saturated rings. The van der Waals surface area contributed by atoms with Gasteiger partial charge in [-0.15, -0.1) is 0 Å². The Morgan fingerprint density at radius 3 is 3.00 bits per heavy atom. The van der Waals surface area contributed by atoms with Gasteiger partial charge < -0.3 is 4.74 Å². The largest absolute Gasteiger partial charge is 0.461 e. The molecule has 4 heteroatoms. The first kappa shape index (κ1) is 9.77. The molecular weight excluding hydrogens is 168 g/mol. The minimum absolute atomic E-state index is 0.325. The summed E-state index contributed by atoms with van der Waals surface area (Å²) in [5.74, 6) is -0.325. The zero-order chi connectivity index (χ0) is 9.68. The molecule has 0 aliphatic carbocycles. The van der Waals surface area contributed by atoms with Crippen LogP contribution in [0.15, 0.2) is 6.07 Å². The molecule has 0 atom stereocenters. The highest BCUT2D eigenvalue weighted by molar-refractivity contribution is 5.87. The lowest BCUT2D eigenvalue weighted by atomic mass is 10.3. The monoisotopic (exact) mass is 182 g/mol. The van der Waals surface area contributed by atoms with Gasteiger partial charge in [-0.3, -0.25) is 5.10 Å². The van der Waals surface area contributed by atoms with Gasteiger partial charge >= 0.3 is 5.97 Å². The van der Waals surface area contributed by atoms with Crippen molar-refractivity contribution < 1.29 is 9.53 Å². The first-order valence-corrected chi connectivity index (χ1v) is 4.43. The molecule has 0 aromatic carbocycles. The molecule has 0 aliphatic heterocycles. The fourth-order valence-electron chi connectivity index (χ4n) is 0.913. The van der Waals surface area contributed by atoms with Crippen molar-refractivity contribution in [3.05, 3.63) is 17.5 Å². The third-order valence-electron chi connectivity index (χ3n) is 1.66. The number of hydrogen-bond acceptors (Lipinski definition) is 3. The Labute approximate surface area is 77.3 Å². The van der Waals surface area contributed by atoms with E-state index in [1.165, 1.54) is 0 Å². The Balaban J connectivity index is 2.40. The van der Waals surface area contributed by atoms with Crippen molar-refractivity contribution in [2.45, 2.75) is 26.7 Å². The molecule has 0 aliphatic rings. The van der Waals surface area contributed by atoms with Gasteiger partial charge in [-0.25, -0.2) is 4.79 Å². The van der Waals surface area contributed by atoms with Crippen molar-refractivity contribution in [3.8, 4) is 0 Å². The van der Waals surface area contributed by atoms with Crippen LogP contribution in [-0.2, 0) is 4.74 Å². The number of nitrogens with zero attached hydrogens (tertiary/aromatic N) is 1. The summed E-state index contributed by atoms with van der Waals surface area (Å²) < 4.78 is 4.97. The number of ether oxygens (including phenoxy) is 1. The van der Waals surface area contributed by atoms with E-state index in [0.717, 1.165) is 18.5 Å². The van der Waals surface area contributed by atoms with Gasteiger partial charge in [0.2, 0.25) is 0 Å². The van der Waals surface area contributed by atoms with Crippen LogP contribution in [0.1, 0.15) is 35.9 Å². The SMILES string of the molecule is CCCCOC(=O)c1cc(C)n[nH]1. The first-order valence-electron chi connectivity index (χ1n) is 4.43. The van der Waals surface area contributed by atoms with Crippen LogP contribution < -0.4 is 0 Å². The standard InChI is InChI=1S/C9H14N2O2/c1-3-4-5-13-9(12)8-6-7(2)10-11-8/h6H,3-5H2,1-2H3,(H,10,11). The molecule has 1 rings (SSSR count). The van der Waals surface area contributed by atoms with E-state index in [2.05, 4.69) is 10.2 Å². The van der Waals surface area contributed by atoms with E-state index in [1.54, 1.807) is 6.07 Å². The number of aryl methyl sites for hydroxylation is 1. The molecule has 0 saturated carbocycles. The number of H-pyrrole nitrogens is 1. The van der Waals surface area contributed by atoms with E-state index in [4.69, 9.17) is 4.74 Å². The van der Waals surface area contributed by atoms with Crippen LogP contribution in [0, 0.1) is 6.92 Å². The molecule has 1 N–H and O–H groups in total. The minimum atomic E-state index is -0.325. The smallest absolute Gasteiger partial charge is 0.356 e. The lowest BCUT2D eigenvalue weighted by Crippen LogP contribution is -2.06. The average Bonchev–Trinajstić information content (AvgIpc) is 2.52. The highest BCUT2D eigenvalue weighted by Gasteiger charge is 2.08. The minimum Gasteiger partial charge on any atom is -0.461 e. The Morgan fingerprint density at radius 1 is 1.69 bits per heavy atom. The van der Waals surface area contributed by atoms with Crippen molar-refractivity contribution in [2.24, 2.45) is 0 Å². The summed E-state index contributed by atoms with van der Waals surface area (Å²) in [4.78, 5) is 11.2. The molecule has 1 heterocycles. The third-order valence-corrected chi connectivity index (χ3v) is 1.66. The van der Waals surface area contributed by atoms with E-state index in [1.807, 2.05) is 13.8 Å². The molecule has 0 amide bonds. The van der Waals surface area contributed by atoms with E-state index in [9.17, 15) is 4.79 Å². The summed E-state index contributed by atoms with van der Waals surface area (Å²) in [6.45, 7) is 4.35. The number of hydrogen-bond donors (Lipinski definition) is 1. The van der Waals surface area contributed by atoms with Gasteiger partial charge in [0.1, 0.15) is 5.69 Å². The lowest BCUT2D eigenvalue weighted by molar-refractivity contribution is 0.0493. The highest BCUT2D eigenvalue weighted by Crippen LogP contribution is 2.00.